The molecule has 0 saturated heterocycles. The van der Waals surface area contributed by atoms with Crippen molar-refractivity contribution in [1.82, 2.24) is 4.98 Å². The smallest absolute Gasteiger partial charge is 0.257 e. The van der Waals surface area contributed by atoms with Crippen LogP contribution in [0.15, 0.2) is 60.0 Å². The van der Waals surface area contributed by atoms with Crippen molar-refractivity contribution in [2.75, 3.05) is 5.32 Å². The fraction of sp³-hybridized carbons (Fsp3) is 0.111. The van der Waals surface area contributed by atoms with Gasteiger partial charge in [0.15, 0.2) is 6.10 Å². The van der Waals surface area contributed by atoms with E-state index in [1.165, 1.54) is 0 Å². The number of carbonyl (C=O) groups is 1. The Balaban J connectivity index is 1.69. The molecule has 0 spiro atoms. The molecule has 1 heterocycles. The van der Waals surface area contributed by atoms with Crippen LogP contribution in [0.4, 0.5) is 5.69 Å². The Morgan fingerprint density at radius 2 is 1.83 bits per heavy atom. The average Bonchev–Trinajstić information content (AvgIpc) is 3.02. The molecule has 5 heteroatoms. The third-order valence-corrected chi connectivity index (χ3v) is 4.39. The first-order valence-corrected chi connectivity index (χ1v) is 8.08. The minimum absolute atomic E-state index is 0.450. The zero-order valence-electron chi connectivity index (χ0n) is 12.6. The van der Waals surface area contributed by atoms with Crippen molar-refractivity contribution in [1.29, 1.82) is 0 Å². The summed E-state index contributed by atoms with van der Waals surface area (Å²) in [5, 5.41) is 15.7. The summed E-state index contributed by atoms with van der Waals surface area (Å²) >= 11 is 1.59. The Kier molecular flexibility index (Phi) is 4.50. The van der Waals surface area contributed by atoms with E-state index in [9.17, 15) is 9.90 Å². The molecule has 116 valence electrons. The summed E-state index contributed by atoms with van der Waals surface area (Å²) in [4.78, 5) is 16.5. The normalized spacial score (nSPS) is 11.9. The molecule has 3 rings (SSSR count). The van der Waals surface area contributed by atoms with Crippen LogP contribution in [0.5, 0.6) is 0 Å². The number of benzene rings is 2. The van der Waals surface area contributed by atoms with Crippen molar-refractivity contribution in [2.24, 2.45) is 0 Å². The predicted octanol–water partition coefficient (Wildman–Crippen LogP) is 3.79. The summed E-state index contributed by atoms with van der Waals surface area (Å²) in [6, 6.07) is 16.3. The van der Waals surface area contributed by atoms with Crippen LogP contribution in [0.25, 0.3) is 10.6 Å². The van der Waals surface area contributed by atoms with Gasteiger partial charge in [-0.05, 0) is 36.8 Å². The molecular formula is C18H16N2O2S. The highest BCUT2D eigenvalue weighted by Gasteiger charge is 2.17. The third kappa shape index (κ3) is 3.64. The molecule has 0 aliphatic carbocycles. The summed E-state index contributed by atoms with van der Waals surface area (Å²) in [6.45, 7) is 1.96. The van der Waals surface area contributed by atoms with Gasteiger partial charge in [0, 0.05) is 22.3 Å². The highest BCUT2D eigenvalue weighted by Crippen LogP contribution is 2.25. The highest BCUT2D eigenvalue weighted by molar-refractivity contribution is 7.13. The van der Waals surface area contributed by atoms with E-state index in [4.69, 9.17) is 0 Å². The van der Waals surface area contributed by atoms with E-state index in [-0.39, 0.29) is 0 Å². The molecule has 2 aromatic carbocycles. The molecule has 0 saturated carbocycles. The van der Waals surface area contributed by atoms with E-state index in [0.717, 1.165) is 16.3 Å². The Morgan fingerprint density at radius 3 is 2.43 bits per heavy atom. The molecule has 23 heavy (non-hydrogen) atoms. The number of hydrogen-bond acceptors (Lipinski definition) is 4. The van der Waals surface area contributed by atoms with Crippen molar-refractivity contribution >= 4 is 22.9 Å². The second kappa shape index (κ2) is 6.73. The topological polar surface area (TPSA) is 62.2 Å². The lowest BCUT2D eigenvalue weighted by molar-refractivity contribution is -0.124. The number of nitrogens with zero attached hydrogens (tertiary/aromatic N) is 1. The van der Waals surface area contributed by atoms with Gasteiger partial charge in [-0.2, -0.15) is 0 Å². The highest BCUT2D eigenvalue weighted by atomic mass is 32.1. The summed E-state index contributed by atoms with van der Waals surface area (Å²) in [5.41, 5.74) is 3.21. The van der Waals surface area contributed by atoms with Gasteiger partial charge in [0.25, 0.3) is 5.91 Å². The minimum atomic E-state index is -1.18. The molecule has 1 unspecified atom stereocenters. The van der Waals surface area contributed by atoms with Crippen LogP contribution in [0.3, 0.4) is 0 Å². The molecular weight excluding hydrogens is 308 g/mol. The average molecular weight is 324 g/mol. The number of amides is 1. The van der Waals surface area contributed by atoms with Crippen molar-refractivity contribution in [3.8, 4) is 10.6 Å². The monoisotopic (exact) mass is 324 g/mol. The Bertz CT molecular complexity index is 797. The predicted molar refractivity (Wildman–Crippen MR) is 92.3 cm³/mol. The van der Waals surface area contributed by atoms with Crippen molar-refractivity contribution in [2.45, 2.75) is 13.0 Å². The number of aryl methyl sites for hydroxylation is 1. The number of carbonyl (C=O) groups excluding carboxylic acids is 1. The maximum absolute atomic E-state index is 12.1. The Morgan fingerprint density at radius 1 is 1.13 bits per heavy atom. The van der Waals surface area contributed by atoms with Gasteiger partial charge in [-0.15, -0.1) is 11.3 Å². The number of nitrogens with one attached hydrogen (secondary N) is 1. The molecule has 1 aromatic heterocycles. The van der Waals surface area contributed by atoms with Crippen LogP contribution < -0.4 is 5.32 Å². The van der Waals surface area contributed by atoms with Crippen molar-refractivity contribution in [3.05, 3.63) is 71.2 Å². The summed E-state index contributed by atoms with van der Waals surface area (Å²) < 4.78 is 0. The SMILES string of the molecule is Cc1csc(-c2ccc(NC(=O)C(O)c3ccccc3)cc2)n1. The maximum Gasteiger partial charge on any atom is 0.257 e. The largest absolute Gasteiger partial charge is 0.378 e. The summed E-state index contributed by atoms with van der Waals surface area (Å²) in [6.07, 6.45) is -1.18. The molecule has 1 amide bonds. The molecule has 0 aliphatic rings. The van der Waals surface area contributed by atoms with E-state index >= 15 is 0 Å². The first kappa shape index (κ1) is 15.4. The number of aliphatic hydroxyl groups is 1. The minimum Gasteiger partial charge on any atom is -0.378 e. The first-order chi connectivity index (χ1) is 11.1. The standard InChI is InChI=1S/C18H16N2O2S/c1-12-11-23-18(19-12)14-7-9-15(10-8-14)20-17(22)16(21)13-5-3-2-4-6-13/h2-11,16,21H,1H3,(H,20,22). The van der Waals surface area contributed by atoms with Gasteiger partial charge in [0.2, 0.25) is 0 Å². The van der Waals surface area contributed by atoms with Crippen LogP contribution in [0, 0.1) is 6.92 Å². The molecule has 0 bridgehead atoms. The van der Waals surface area contributed by atoms with E-state index in [1.807, 2.05) is 42.6 Å². The molecule has 0 aliphatic heterocycles. The summed E-state index contributed by atoms with van der Waals surface area (Å²) in [5.74, 6) is -0.450. The van der Waals surface area contributed by atoms with Gasteiger partial charge in [-0.25, -0.2) is 4.98 Å². The number of anilines is 1. The lowest BCUT2D eigenvalue weighted by Crippen LogP contribution is -2.20. The number of hydrogen-bond donors (Lipinski definition) is 2. The molecule has 1 atom stereocenters. The van der Waals surface area contributed by atoms with E-state index < -0.39 is 12.0 Å². The lowest BCUT2D eigenvalue weighted by atomic mass is 10.1. The molecule has 0 fully saturated rings. The van der Waals surface area contributed by atoms with Gasteiger partial charge in [0.1, 0.15) is 5.01 Å². The van der Waals surface area contributed by atoms with Gasteiger partial charge in [-0.1, -0.05) is 30.3 Å². The summed E-state index contributed by atoms with van der Waals surface area (Å²) in [7, 11) is 0. The van der Waals surface area contributed by atoms with Crippen LogP contribution in [-0.2, 0) is 4.79 Å². The van der Waals surface area contributed by atoms with Crippen LogP contribution in [-0.4, -0.2) is 16.0 Å². The van der Waals surface area contributed by atoms with Crippen LogP contribution in [0.2, 0.25) is 0 Å². The molecule has 2 N–H and O–H groups in total. The molecule has 0 radical (unpaired) electrons. The van der Waals surface area contributed by atoms with Gasteiger partial charge in [-0.3, -0.25) is 4.79 Å². The van der Waals surface area contributed by atoms with E-state index in [0.29, 0.717) is 11.3 Å². The van der Waals surface area contributed by atoms with Crippen LogP contribution in [0.1, 0.15) is 17.4 Å². The van der Waals surface area contributed by atoms with E-state index in [2.05, 4.69) is 10.3 Å². The fourth-order valence-electron chi connectivity index (χ4n) is 2.18. The van der Waals surface area contributed by atoms with Gasteiger partial charge in [0.05, 0.1) is 0 Å². The fourth-order valence-corrected chi connectivity index (χ4v) is 2.98. The number of aliphatic hydroxyl groups excluding tert-OH is 1. The second-order valence-corrected chi connectivity index (χ2v) is 6.03. The second-order valence-electron chi connectivity index (χ2n) is 5.17. The molecule has 4 nitrogen and oxygen atoms in total. The Hall–Kier alpha value is -2.50. The first-order valence-electron chi connectivity index (χ1n) is 7.20. The van der Waals surface area contributed by atoms with Crippen molar-refractivity contribution < 1.29 is 9.90 Å². The van der Waals surface area contributed by atoms with Crippen molar-refractivity contribution in [3.63, 3.8) is 0 Å². The van der Waals surface area contributed by atoms with Gasteiger partial charge < -0.3 is 10.4 Å². The number of rotatable bonds is 4. The molecule has 3 aromatic rings. The zero-order valence-corrected chi connectivity index (χ0v) is 13.4. The third-order valence-electron chi connectivity index (χ3n) is 3.38. The van der Waals surface area contributed by atoms with E-state index in [1.54, 1.807) is 35.6 Å². The maximum atomic E-state index is 12.1. The number of aromatic nitrogens is 1. The van der Waals surface area contributed by atoms with Gasteiger partial charge >= 0.3 is 0 Å². The quantitative estimate of drug-likeness (QED) is 0.767. The number of thiazole rings is 1. The Labute approximate surface area is 138 Å². The lowest BCUT2D eigenvalue weighted by Gasteiger charge is -2.11. The van der Waals surface area contributed by atoms with Crippen LogP contribution >= 0.6 is 11.3 Å². The zero-order chi connectivity index (χ0) is 16.2.